The van der Waals surface area contributed by atoms with Crippen molar-refractivity contribution in [3.8, 4) is 0 Å². The number of aryl methyl sites for hydroxylation is 1. The fourth-order valence-corrected chi connectivity index (χ4v) is 2.99. The lowest BCUT2D eigenvalue weighted by Crippen LogP contribution is -2.31. The molecule has 1 fully saturated rings. The van der Waals surface area contributed by atoms with Crippen molar-refractivity contribution < 1.29 is 0 Å². The lowest BCUT2D eigenvalue weighted by Gasteiger charge is -2.12. The average molecular weight is 333 g/mol. The summed E-state index contributed by atoms with van der Waals surface area (Å²) in [6.45, 7) is 2.10. The van der Waals surface area contributed by atoms with Crippen molar-refractivity contribution in [2.75, 3.05) is 5.32 Å². The molecule has 0 amide bonds. The molecule has 2 unspecified atom stereocenters. The van der Waals surface area contributed by atoms with Crippen LogP contribution >= 0.6 is 23.8 Å². The van der Waals surface area contributed by atoms with Crippen LogP contribution in [0, 0.1) is 0 Å². The normalized spacial score (nSPS) is 19.5. The van der Waals surface area contributed by atoms with Gasteiger partial charge in [-0.3, -0.25) is 4.98 Å². The molecule has 0 aliphatic heterocycles. The van der Waals surface area contributed by atoms with E-state index < -0.39 is 0 Å². The number of pyridine rings is 2. The van der Waals surface area contributed by atoms with E-state index in [0.29, 0.717) is 16.1 Å². The summed E-state index contributed by atoms with van der Waals surface area (Å²) >= 11 is 11.6. The topological polar surface area (TPSA) is 49.8 Å². The largest absolute Gasteiger partial charge is 0.359 e. The van der Waals surface area contributed by atoms with Crippen LogP contribution in [0.1, 0.15) is 30.5 Å². The van der Waals surface area contributed by atoms with Crippen LogP contribution in [0.4, 0.5) is 5.82 Å². The summed E-state index contributed by atoms with van der Waals surface area (Å²) in [5, 5.41) is 7.79. The van der Waals surface area contributed by atoms with Gasteiger partial charge in [-0.2, -0.15) is 0 Å². The van der Waals surface area contributed by atoms with Crippen LogP contribution in [0.3, 0.4) is 0 Å². The number of rotatable bonds is 4. The Morgan fingerprint density at radius 1 is 1.32 bits per heavy atom. The molecule has 114 valence electrons. The third-order valence-electron chi connectivity index (χ3n) is 3.75. The Kier molecular flexibility index (Phi) is 4.55. The molecule has 22 heavy (non-hydrogen) atoms. The number of hydrogen-bond acceptors (Lipinski definition) is 3. The van der Waals surface area contributed by atoms with Crippen molar-refractivity contribution in [2.24, 2.45) is 0 Å². The highest BCUT2D eigenvalue weighted by Gasteiger charge is 2.41. The van der Waals surface area contributed by atoms with Crippen LogP contribution in [0.25, 0.3) is 0 Å². The van der Waals surface area contributed by atoms with Crippen LogP contribution in [0.2, 0.25) is 5.02 Å². The molecule has 0 spiro atoms. The first kappa shape index (κ1) is 15.2. The molecular formula is C16H17ClN4S. The van der Waals surface area contributed by atoms with E-state index in [9.17, 15) is 0 Å². The SMILES string of the molecule is CCc1cccnc1NC(=S)NC1CC1c1ncccc1Cl. The summed E-state index contributed by atoms with van der Waals surface area (Å²) in [4.78, 5) is 8.70. The van der Waals surface area contributed by atoms with Gasteiger partial charge in [-0.1, -0.05) is 24.6 Å². The van der Waals surface area contributed by atoms with Crippen molar-refractivity contribution in [1.29, 1.82) is 0 Å². The van der Waals surface area contributed by atoms with Gasteiger partial charge in [0.15, 0.2) is 5.11 Å². The fraction of sp³-hybridized carbons (Fsp3) is 0.312. The van der Waals surface area contributed by atoms with Gasteiger partial charge in [0, 0.05) is 24.4 Å². The van der Waals surface area contributed by atoms with Crippen LogP contribution in [-0.4, -0.2) is 21.1 Å². The van der Waals surface area contributed by atoms with Gasteiger partial charge < -0.3 is 10.6 Å². The Morgan fingerprint density at radius 3 is 2.86 bits per heavy atom. The van der Waals surface area contributed by atoms with E-state index in [1.807, 2.05) is 24.3 Å². The van der Waals surface area contributed by atoms with Gasteiger partial charge >= 0.3 is 0 Å². The summed E-state index contributed by atoms with van der Waals surface area (Å²) in [7, 11) is 0. The maximum atomic E-state index is 6.18. The minimum absolute atomic E-state index is 0.279. The maximum Gasteiger partial charge on any atom is 0.172 e. The van der Waals surface area contributed by atoms with E-state index >= 15 is 0 Å². The first-order valence-electron chi connectivity index (χ1n) is 7.31. The smallest absolute Gasteiger partial charge is 0.172 e. The van der Waals surface area contributed by atoms with Gasteiger partial charge in [0.1, 0.15) is 5.82 Å². The van der Waals surface area contributed by atoms with Gasteiger partial charge in [-0.25, -0.2) is 4.98 Å². The van der Waals surface area contributed by atoms with Crippen molar-refractivity contribution in [2.45, 2.75) is 31.7 Å². The van der Waals surface area contributed by atoms with Gasteiger partial charge in [-0.05, 0) is 48.8 Å². The fourth-order valence-electron chi connectivity index (χ4n) is 2.48. The second-order valence-corrected chi connectivity index (χ2v) is 6.10. The van der Waals surface area contributed by atoms with E-state index in [4.69, 9.17) is 23.8 Å². The molecule has 2 heterocycles. The first-order chi connectivity index (χ1) is 10.7. The van der Waals surface area contributed by atoms with E-state index in [-0.39, 0.29) is 6.04 Å². The Bertz CT molecular complexity index is 691. The second kappa shape index (κ2) is 6.58. The van der Waals surface area contributed by atoms with E-state index in [0.717, 1.165) is 29.9 Å². The van der Waals surface area contributed by atoms with Crippen molar-refractivity contribution in [3.05, 3.63) is 52.9 Å². The van der Waals surface area contributed by atoms with Crippen LogP contribution < -0.4 is 10.6 Å². The molecule has 0 radical (unpaired) electrons. The van der Waals surface area contributed by atoms with Crippen molar-refractivity contribution >= 4 is 34.7 Å². The first-order valence-corrected chi connectivity index (χ1v) is 8.09. The summed E-state index contributed by atoms with van der Waals surface area (Å²) in [5.41, 5.74) is 2.09. The number of nitrogens with zero attached hydrogens (tertiary/aromatic N) is 2. The molecule has 0 bridgehead atoms. The molecule has 2 N–H and O–H groups in total. The van der Waals surface area contributed by atoms with Crippen LogP contribution in [0.5, 0.6) is 0 Å². The molecule has 3 rings (SSSR count). The Morgan fingerprint density at radius 2 is 2.09 bits per heavy atom. The zero-order valence-corrected chi connectivity index (χ0v) is 13.8. The maximum absolute atomic E-state index is 6.18. The standard InChI is InChI=1S/C16H17ClN4S/c1-2-10-5-3-8-19-15(10)21-16(22)20-13-9-11(13)14-12(17)6-4-7-18-14/h3-8,11,13H,2,9H2,1H3,(H2,19,20,21,22). The molecule has 4 nitrogen and oxygen atoms in total. The number of thiocarbonyl (C=S) groups is 1. The molecule has 6 heteroatoms. The van der Waals surface area contributed by atoms with Gasteiger partial charge in [0.2, 0.25) is 0 Å². The third kappa shape index (κ3) is 3.36. The molecule has 1 aliphatic rings. The molecule has 0 aromatic carbocycles. The highest BCUT2D eigenvalue weighted by atomic mass is 35.5. The molecule has 1 saturated carbocycles. The summed E-state index contributed by atoms with van der Waals surface area (Å²) in [6.07, 6.45) is 5.43. The Balaban J connectivity index is 1.59. The molecule has 2 aromatic heterocycles. The highest BCUT2D eigenvalue weighted by molar-refractivity contribution is 7.80. The van der Waals surface area contributed by atoms with Crippen LogP contribution in [-0.2, 0) is 6.42 Å². The second-order valence-electron chi connectivity index (χ2n) is 5.28. The third-order valence-corrected chi connectivity index (χ3v) is 4.29. The van der Waals surface area contributed by atoms with Gasteiger partial charge in [-0.15, -0.1) is 0 Å². The van der Waals surface area contributed by atoms with E-state index in [2.05, 4.69) is 27.5 Å². The predicted octanol–water partition coefficient (Wildman–Crippen LogP) is 3.53. The molecule has 1 aliphatic carbocycles. The Labute approximate surface area is 140 Å². The van der Waals surface area contributed by atoms with Crippen molar-refractivity contribution in [3.63, 3.8) is 0 Å². The van der Waals surface area contributed by atoms with Gasteiger partial charge in [0.05, 0.1) is 10.7 Å². The summed E-state index contributed by atoms with van der Waals surface area (Å²) in [5.74, 6) is 1.14. The van der Waals surface area contributed by atoms with E-state index in [1.165, 1.54) is 0 Å². The minimum atomic E-state index is 0.279. The zero-order chi connectivity index (χ0) is 15.5. The number of hydrogen-bond donors (Lipinski definition) is 2. The number of aromatic nitrogens is 2. The number of nitrogens with one attached hydrogen (secondary N) is 2. The monoisotopic (exact) mass is 332 g/mol. The Hall–Kier alpha value is -1.72. The molecular weight excluding hydrogens is 316 g/mol. The summed E-state index contributed by atoms with van der Waals surface area (Å²) < 4.78 is 0. The molecule has 2 atom stereocenters. The number of anilines is 1. The summed E-state index contributed by atoms with van der Waals surface area (Å²) in [6, 6.07) is 7.97. The number of halogens is 1. The zero-order valence-electron chi connectivity index (χ0n) is 12.2. The lowest BCUT2D eigenvalue weighted by atomic mass is 10.2. The highest BCUT2D eigenvalue weighted by Crippen LogP contribution is 2.42. The van der Waals surface area contributed by atoms with Crippen LogP contribution in [0.15, 0.2) is 36.7 Å². The minimum Gasteiger partial charge on any atom is -0.359 e. The molecule has 0 saturated heterocycles. The molecule has 2 aromatic rings. The van der Waals surface area contributed by atoms with Gasteiger partial charge in [0.25, 0.3) is 0 Å². The predicted molar refractivity (Wildman–Crippen MR) is 93.4 cm³/mol. The van der Waals surface area contributed by atoms with E-state index in [1.54, 1.807) is 12.4 Å². The van der Waals surface area contributed by atoms with Crippen molar-refractivity contribution in [1.82, 2.24) is 15.3 Å². The lowest BCUT2D eigenvalue weighted by molar-refractivity contribution is 0.858. The average Bonchev–Trinajstić information content (AvgIpc) is 3.27. The quantitative estimate of drug-likeness (QED) is 0.839.